The van der Waals surface area contributed by atoms with Gasteiger partial charge >= 0.3 is 0 Å². The zero-order valence-corrected chi connectivity index (χ0v) is 17.8. The van der Waals surface area contributed by atoms with E-state index in [1.807, 2.05) is 41.3 Å². The Balaban J connectivity index is 1.35. The number of para-hydroxylation sites is 1. The maximum absolute atomic E-state index is 13.1. The van der Waals surface area contributed by atoms with Gasteiger partial charge in [-0.25, -0.2) is 0 Å². The standard InChI is InChI=1S/C26H25N3O3/c30-23(17-29-22-14-8-10-18-9-7-12-20(24(18)22)26(29)32)27-21-13-4-3-11-19(21)25(31)28-15-5-1-2-6-16-28/h3-4,7-14H,1-2,5-6,15-17H2,(H,27,30). The van der Waals surface area contributed by atoms with E-state index in [-0.39, 0.29) is 24.3 Å². The topological polar surface area (TPSA) is 69.7 Å². The first-order valence-corrected chi connectivity index (χ1v) is 11.2. The largest absolute Gasteiger partial charge is 0.339 e. The number of hydrogen-bond acceptors (Lipinski definition) is 3. The van der Waals surface area contributed by atoms with Crippen molar-refractivity contribution in [2.45, 2.75) is 25.7 Å². The van der Waals surface area contributed by atoms with Crippen molar-refractivity contribution in [1.82, 2.24) is 4.90 Å². The van der Waals surface area contributed by atoms with E-state index in [2.05, 4.69) is 5.32 Å². The molecular weight excluding hydrogens is 402 g/mol. The number of carbonyl (C=O) groups is 3. The van der Waals surface area contributed by atoms with Crippen molar-refractivity contribution in [1.29, 1.82) is 0 Å². The highest BCUT2D eigenvalue weighted by Gasteiger charge is 2.31. The number of rotatable bonds is 4. The second-order valence-corrected chi connectivity index (χ2v) is 8.37. The van der Waals surface area contributed by atoms with E-state index in [0.29, 0.717) is 16.8 Å². The average Bonchev–Trinajstić information content (AvgIpc) is 2.99. The monoisotopic (exact) mass is 427 g/mol. The van der Waals surface area contributed by atoms with Crippen molar-refractivity contribution >= 4 is 39.9 Å². The van der Waals surface area contributed by atoms with E-state index in [4.69, 9.17) is 0 Å². The number of hydrogen-bond donors (Lipinski definition) is 1. The molecule has 0 unspecified atom stereocenters. The Hall–Kier alpha value is -3.67. The molecule has 0 aliphatic carbocycles. The third-order valence-corrected chi connectivity index (χ3v) is 6.28. The van der Waals surface area contributed by atoms with Gasteiger partial charge in [-0.15, -0.1) is 0 Å². The molecule has 0 radical (unpaired) electrons. The maximum Gasteiger partial charge on any atom is 0.259 e. The van der Waals surface area contributed by atoms with Crippen molar-refractivity contribution in [3.05, 3.63) is 71.8 Å². The molecule has 1 fully saturated rings. The van der Waals surface area contributed by atoms with Gasteiger partial charge in [-0.05, 0) is 42.5 Å². The van der Waals surface area contributed by atoms with Gasteiger partial charge in [0, 0.05) is 24.0 Å². The zero-order chi connectivity index (χ0) is 22.1. The van der Waals surface area contributed by atoms with Crippen LogP contribution < -0.4 is 10.2 Å². The van der Waals surface area contributed by atoms with Crippen molar-refractivity contribution in [3.63, 3.8) is 0 Å². The number of likely N-dealkylation sites (tertiary alicyclic amines) is 1. The Morgan fingerprint density at radius 3 is 2.34 bits per heavy atom. The summed E-state index contributed by atoms with van der Waals surface area (Å²) in [7, 11) is 0. The summed E-state index contributed by atoms with van der Waals surface area (Å²) in [5.74, 6) is -0.572. The first-order chi connectivity index (χ1) is 15.6. The Morgan fingerprint density at radius 1 is 0.844 bits per heavy atom. The summed E-state index contributed by atoms with van der Waals surface area (Å²) in [5.41, 5.74) is 2.32. The smallest absolute Gasteiger partial charge is 0.259 e. The summed E-state index contributed by atoms with van der Waals surface area (Å²) in [6, 6.07) is 18.4. The molecule has 3 amide bonds. The predicted octanol–water partition coefficient (Wildman–Crippen LogP) is 4.45. The molecule has 0 atom stereocenters. The van der Waals surface area contributed by atoms with E-state index >= 15 is 0 Å². The minimum atomic E-state index is -0.334. The van der Waals surface area contributed by atoms with Gasteiger partial charge in [-0.3, -0.25) is 19.3 Å². The van der Waals surface area contributed by atoms with E-state index in [1.165, 1.54) is 4.90 Å². The third kappa shape index (κ3) is 3.62. The minimum Gasteiger partial charge on any atom is -0.339 e. The van der Waals surface area contributed by atoms with Gasteiger partial charge in [-0.1, -0.05) is 49.2 Å². The summed E-state index contributed by atoms with van der Waals surface area (Å²) in [5, 5.41) is 4.73. The van der Waals surface area contributed by atoms with Crippen LogP contribution in [0.1, 0.15) is 46.4 Å². The first-order valence-electron chi connectivity index (χ1n) is 11.2. The fourth-order valence-corrected chi connectivity index (χ4v) is 4.69. The summed E-state index contributed by atoms with van der Waals surface area (Å²) in [6.45, 7) is 1.37. The summed E-state index contributed by atoms with van der Waals surface area (Å²) < 4.78 is 0. The summed E-state index contributed by atoms with van der Waals surface area (Å²) >= 11 is 0. The quantitative estimate of drug-likeness (QED) is 0.669. The van der Waals surface area contributed by atoms with E-state index in [0.717, 1.165) is 55.2 Å². The second kappa shape index (κ2) is 8.46. The van der Waals surface area contributed by atoms with Crippen LogP contribution >= 0.6 is 0 Å². The van der Waals surface area contributed by atoms with Crippen molar-refractivity contribution in [2.75, 3.05) is 29.9 Å². The van der Waals surface area contributed by atoms with Crippen molar-refractivity contribution in [3.8, 4) is 0 Å². The Kier molecular flexibility index (Phi) is 5.35. The van der Waals surface area contributed by atoms with Gasteiger partial charge in [-0.2, -0.15) is 0 Å². The number of carbonyl (C=O) groups excluding carboxylic acids is 3. The lowest BCUT2D eigenvalue weighted by Gasteiger charge is -2.22. The molecule has 5 rings (SSSR count). The highest BCUT2D eigenvalue weighted by Crippen LogP contribution is 2.37. The molecule has 0 bridgehead atoms. The van der Waals surface area contributed by atoms with Crippen molar-refractivity contribution in [2.24, 2.45) is 0 Å². The van der Waals surface area contributed by atoms with Gasteiger partial charge in [0.2, 0.25) is 5.91 Å². The molecule has 2 aliphatic heterocycles. The van der Waals surface area contributed by atoms with Gasteiger partial charge in [0.1, 0.15) is 6.54 Å². The van der Waals surface area contributed by atoms with Crippen LogP contribution in [-0.2, 0) is 4.79 Å². The van der Waals surface area contributed by atoms with E-state index in [9.17, 15) is 14.4 Å². The Labute approximate surface area is 186 Å². The van der Waals surface area contributed by atoms with Crippen LogP contribution in [0.25, 0.3) is 10.8 Å². The molecule has 0 aromatic heterocycles. The normalized spacial score (nSPS) is 15.7. The molecule has 2 heterocycles. The summed E-state index contributed by atoms with van der Waals surface area (Å²) in [6.07, 6.45) is 4.29. The number of amides is 3. The lowest BCUT2D eigenvalue weighted by molar-refractivity contribution is -0.114. The van der Waals surface area contributed by atoms with Crippen LogP contribution in [-0.4, -0.2) is 42.3 Å². The molecule has 2 aliphatic rings. The molecule has 162 valence electrons. The van der Waals surface area contributed by atoms with Crippen LogP contribution in [0.3, 0.4) is 0 Å². The fraction of sp³-hybridized carbons (Fsp3) is 0.269. The molecule has 32 heavy (non-hydrogen) atoms. The predicted molar refractivity (Wildman–Crippen MR) is 125 cm³/mol. The van der Waals surface area contributed by atoms with Gasteiger partial charge < -0.3 is 10.2 Å². The van der Waals surface area contributed by atoms with Crippen molar-refractivity contribution < 1.29 is 14.4 Å². The molecule has 1 N–H and O–H groups in total. The first kappa shape index (κ1) is 20.2. The van der Waals surface area contributed by atoms with Crippen LogP contribution in [0.5, 0.6) is 0 Å². The average molecular weight is 428 g/mol. The molecule has 6 heteroatoms. The number of anilines is 2. The van der Waals surface area contributed by atoms with E-state index in [1.54, 1.807) is 24.3 Å². The summed E-state index contributed by atoms with van der Waals surface area (Å²) in [4.78, 5) is 42.4. The highest BCUT2D eigenvalue weighted by molar-refractivity contribution is 6.26. The molecule has 0 spiro atoms. The van der Waals surface area contributed by atoms with Crippen LogP contribution in [0.15, 0.2) is 60.7 Å². The third-order valence-electron chi connectivity index (χ3n) is 6.28. The van der Waals surface area contributed by atoms with E-state index < -0.39 is 0 Å². The SMILES string of the molecule is O=C(CN1C(=O)c2cccc3cccc1c23)Nc1ccccc1C(=O)N1CCCCCC1. The van der Waals surface area contributed by atoms with Crippen LogP contribution in [0.4, 0.5) is 11.4 Å². The second-order valence-electron chi connectivity index (χ2n) is 8.37. The van der Waals surface area contributed by atoms with Gasteiger partial charge in [0.05, 0.1) is 16.9 Å². The highest BCUT2D eigenvalue weighted by atomic mass is 16.2. The Bertz CT molecular complexity index is 1210. The molecule has 0 saturated carbocycles. The fourth-order valence-electron chi connectivity index (χ4n) is 4.69. The van der Waals surface area contributed by atoms with Crippen LogP contribution in [0.2, 0.25) is 0 Å². The maximum atomic E-state index is 13.1. The van der Waals surface area contributed by atoms with Crippen LogP contribution in [0, 0.1) is 0 Å². The molecule has 3 aromatic carbocycles. The minimum absolute atomic E-state index is 0.0581. The molecule has 3 aromatic rings. The number of benzene rings is 3. The molecular formula is C26H25N3O3. The van der Waals surface area contributed by atoms with Gasteiger partial charge in [0.25, 0.3) is 11.8 Å². The Morgan fingerprint density at radius 2 is 1.56 bits per heavy atom. The number of nitrogens with zero attached hydrogens (tertiary/aromatic N) is 2. The van der Waals surface area contributed by atoms with Gasteiger partial charge in [0.15, 0.2) is 0 Å². The molecule has 6 nitrogen and oxygen atoms in total. The lowest BCUT2D eigenvalue weighted by Crippen LogP contribution is -2.36. The number of nitrogens with one attached hydrogen (secondary N) is 1. The lowest BCUT2D eigenvalue weighted by atomic mass is 10.1. The molecule has 1 saturated heterocycles. The zero-order valence-electron chi connectivity index (χ0n) is 17.8.